The monoisotopic (exact) mass is 400 g/mol. The number of morpholine rings is 1. The number of nitrogens with one attached hydrogen (secondary N) is 1. The number of ether oxygens (including phenoxy) is 1. The first-order valence-corrected chi connectivity index (χ1v) is 9.67. The minimum Gasteiger partial charge on any atom is -0.379 e. The molecule has 2 aromatic rings. The van der Waals surface area contributed by atoms with Gasteiger partial charge in [-0.1, -0.05) is 30.3 Å². The van der Waals surface area contributed by atoms with Crippen LogP contribution in [0.5, 0.6) is 0 Å². The van der Waals surface area contributed by atoms with Gasteiger partial charge >= 0.3 is 0 Å². The average molecular weight is 401 g/mol. The molecule has 0 atom stereocenters. The van der Waals surface area contributed by atoms with Crippen LogP contribution in [0.15, 0.2) is 54.6 Å². The predicted molar refractivity (Wildman–Crippen MR) is 113 cm³/mol. The van der Waals surface area contributed by atoms with Crippen LogP contribution in [-0.4, -0.2) is 59.2 Å². The summed E-state index contributed by atoms with van der Waals surface area (Å²) in [6.07, 6.45) is 0. The van der Waals surface area contributed by atoms with Gasteiger partial charge in [0.2, 0.25) is 0 Å². The summed E-state index contributed by atoms with van der Waals surface area (Å²) in [5.74, 6) is 0. The second-order valence-corrected chi connectivity index (χ2v) is 6.98. The maximum Gasteiger partial charge on any atom is 0.269 e. The Kier molecular flexibility index (Phi) is 7.30. The molecule has 0 aliphatic carbocycles. The van der Waals surface area contributed by atoms with Crippen molar-refractivity contribution in [3.63, 3.8) is 0 Å². The second-order valence-electron chi connectivity index (χ2n) is 6.60. The molecule has 0 unspecified atom stereocenters. The Hall–Kier alpha value is -2.55. The zero-order valence-corrected chi connectivity index (χ0v) is 16.4. The van der Waals surface area contributed by atoms with E-state index in [9.17, 15) is 10.1 Å². The van der Waals surface area contributed by atoms with E-state index in [0.717, 1.165) is 50.6 Å². The molecule has 1 aliphatic rings. The van der Waals surface area contributed by atoms with Crippen LogP contribution in [0.4, 0.5) is 11.4 Å². The fourth-order valence-electron chi connectivity index (χ4n) is 3.01. The number of para-hydroxylation sites is 1. The van der Waals surface area contributed by atoms with Gasteiger partial charge in [-0.2, -0.15) is 0 Å². The SMILES string of the molecule is O=[N+]([O-])c1ccc(CN(CCN2CCOCC2)C(=S)Nc2ccccc2)cc1. The molecule has 148 valence electrons. The highest BCUT2D eigenvalue weighted by atomic mass is 32.1. The molecule has 0 radical (unpaired) electrons. The smallest absolute Gasteiger partial charge is 0.269 e. The number of non-ortho nitro benzene ring substituents is 1. The summed E-state index contributed by atoms with van der Waals surface area (Å²) >= 11 is 5.65. The van der Waals surface area contributed by atoms with Crippen molar-refractivity contribution < 1.29 is 9.66 Å². The molecule has 8 heteroatoms. The molecule has 3 rings (SSSR count). The summed E-state index contributed by atoms with van der Waals surface area (Å²) in [5, 5.41) is 14.8. The molecule has 0 aromatic heterocycles. The summed E-state index contributed by atoms with van der Waals surface area (Å²) in [6.45, 7) is 5.59. The molecule has 2 aromatic carbocycles. The average Bonchev–Trinajstić information content (AvgIpc) is 2.73. The molecule has 1 heterocycles. The normalized spacial score (nSPS) is 14.4. The van der Waals surface area contributed by atoms with Crippen LogP contribution in [0, 0.1) is 10.1 Å². The van der Waals surface area contributed by atoms with Crippen LogP contribution < -0.4 is 5.32 Å². The Labute approximate surface area is 170 Å². The van der Waals surface area contributed by atoms with Crippen LogP contribution in [0.2, 0.25) is 0 Å². The van der Waals surface area contributed by atoms with Crippen LogP contribution in [-0.2, 0) is 11.3 Å². The third kappa shape index (κ3) is 5.98. The lowest BCUT2D eigenvalue weighted by molar-refractivity contribution is -0.384. The van der Waals surface area contributed by atoms with Gasteiger partial charge in [-0.3, -0.25) is 15.0 Å². The number of hydrogen-bond donors (Lipinski definition) is 1. The van der Waals surface area contributed by atoms with Crippen molar-refractivity contribution in [3.8, 4) is 0 Å². The van der Waals surface area contributed by atoms with Gasteiger partial charge in [0.15, 0.2) is 5.11 Å². The third-order valence-electron chi connectivity index (χ3n) is 4.62. The predicted octanol–water partition coefficient (Wildman–Crippen LogP) is 3.13. The molecule has 0 spiro atoms. The van der Waals surface area contributed by atoms with Crippen molar-refractivity contribution in [2.75, 3.05) is 44.7 Å². The number of thiocarbonyl (C=S) groups is 1. The van der Waals surface area contributed by atoms with E-state index in [2.05, 4.69) is 15.1 Å². The van der Waals surface area contributed by atoms with E-state index in [-0.39, 0.29) is 10.6 Å². The van der Waals surface area contributed by atoms with E-state index < -0.39 is 0 Å². The maximum atomic E-state index is 10.9. The van der Waals surface area contributed by atoms with Gasteiger partial charge in [-0.05, 0) is 29.9 Å². The molecule has 7 nitrogen and oxygen atoms in total. The Morgan fingerprint density at radius 1 is 1.14 bits per heavy atom. The minimum atomic E-state index is -0.387. The number of hydrogen-bond acceptors (Lipinski definition) is 5. The molecular weight excluding hydrogens is 376 g/mol. The molecule has 1 saturated heterocycles. The Morgan fingerprint density at radius 2 is 1.82 bits per heavy atom. The van der Waals surface area contributed by atoms with E-state index in [1.807, 2.05) is 30.3 Å². The number of benzene rings is 2. The highest BCUT2D eigenvalue weighted by molar-refractivity contribution is 7.80. The first-order chi connectivity index (χ1) is 13.6. The lowest BCUT2D eigenvalue weighted by atomic mass is 10.2. The second kappa shape index (κ2) is 10.1. The zero-order valence-electron chi connectivity index (χ0n) is 15.6. The summed E-state index contributed by atoms with van der Waals surface area (Å²) in [5.41, 5.74) is 2.01. The molecule has 0 bridgehead atoms. The quantitative estimate of drug-likeness (QED) is 0.435. The van der Waals surface area contributed by atoms with Crippen molar-refractivity contribution >= 4 is 28.7 Å². The Bertz CT molecular complexity index is 780. The number of nitro benzene ring substituents is 1. The zero-order chi connectivity index (χ0) is 19.8. The lowest BCUT2D eigenvalue weighted by Crippen LogP contribution is -2.43. The minimum absolute atomic E-state index is 0.0913. The van der Waals surface area contributed by atoms with Crippen molar-refractivity contribution in [3.05, 3.63) is 70.3 Å². The fraction of sp³-hybridized carbons (Fsp3) is 0.350. The van der Waals surface area contributed by atoms with Crippen LogP contribution in [0.3, 0.4) is 0 Å². The summed E-state index contributed by atoms with van der Waals surface area (Å²) in [6, 6.07) is 16.4. The van der Waals surface area contributed by atoms with E-state index in [1.165, 1.54) is 12.1 Å². The number of anilines is 1. The standard InChI is InChI=1S/C20H24N4O3S/c25-24(26)19-8-6-17(7-9-19)16-23(11-10-22-12-14-27-15-13-22)20(28)21-18-4-2-1-3-5-18/h1-9H,10-16H2,(H,21,28). The fourth-order valence-corrected chi connectivity index (χ4v) is 3.28. The highest BCUT2D eigenvalue weighted by Crippen LogP contribution is 2.15. The molecule has 0 amide bonds. The van der Waals surface area contributed by atoms with Gasteiger partial charge in [0.05, 0.1) is 18.1 Å². The van der Waals surface area contributed by atoms with Gasteiger partial charge in [-0.15, -0.1) is 0 Å². The first-order valence-electron chi connectivity index (χ1n) is 9.26. The van der Waals surface area contributed by atoms with Gasteiger partial charge in [0, 0.05) is 50.5 Å². The largest absolute Gasteiger partial charge is 0.379 e. The molecule has 1 fully saturated rings. The molecule has 28 heavy (non-hydrogen) atoms. The van der Waals surface area contributed by atoms with Crippen LogP contribution in [0.25, 0.3) is 0 Å². The number of nitrogens with zero attached hydrogens (tertiary/aromatic N) is 3. The van der Waals surface area contributed by atoms with Crippen molar-refractivity contribution in [1.82, 2.24) is 9.80 Å². The lowest BCUT2D eigenvalue weighted by Gasteiger charge is -2.31. The molecule has 0 saturated carbocycles. The van der Waals surface area contributed by atoms with E-state index in [1.54, 1.807) is 12.1 Å². The molecule has 1 N–H and O–H groups in total. The van der Waals surface area contributed by atoms with Crippen molar-refractivity contribution in [2.45, 2.75) is 6.54 Å². The van der Waals surface area contributed by atoms with E-state index >= 15 is 0 Å². The molecular formula is C20H24N4O3S. The topological polar surface area (TPSA) is 70.9 Å². The van der Waals surface area contributed by atoms with Gasteiger partial charge in [0.25, 0.3) is 5.69 Å². The summed E-state index contributed by atoms with van der Waals surface area (Å²) < 4.78 is 5.41. The van der Waals surface area contributed by atoms with Crippen LogP contribution in [0.1, 0.15) is 5.56 Å². The maximum absolute atomic E-state index is 10.9. The highest BCUT2D eigenvalue weighted by Gasteiger charge is 2.16. The number of nitro groups is 1. The van der Waals surface area contributed by atoms with Crippen molar-refractivity contribution in [1.29, 1.82) is 0 Å². The van der Waals surface area contributed by atoms with Crippen molar-refractivity contribution in [2.24, 2.45) is 0 Å². The van der Waals surface area contributed by atoms with E-state index in [0.29, 0.717) is 11.7 Å². The Balaban J connectivity index is 1.67. The first kappa shape index (κ1) is 20.2. The van der Waals surface area contributed by atoms with Crippen LogP contribution >= 0.6 is 12.2 Å². The van der Waals surface area contributed by atoms with Gasteiger partial charge in [-0.25, -0.2) is 0 Å². The summed E-state index contributed by atoms with van der Waals surface area (Å²) in [7, 11) is 0. The third-order valence-corrected chi connectivity index (χ3v) is 4.98. The van der Waals surface area contributed by atoms with E-state index in [4.69, 9.17) is 17.0 Å². The Morgan fingerprint density at radius 3 is 2.46 bits per heavy atom. The van der Waals surface area contributed by atoms with Gasteiger partial charge < -0.3 is 15.0 Å². The van der Waals surface area contributed by atoms with Gasteiger partial charge in [0.1, 0.15) is 0 Å². The molecule has 1 aliphatic heterocycles. The summed E-state index contributed by atoms with van der Waals surface area (Å²) in [4.78, 5) is 14.9. The number of rotatable bonds is 7.